The summed E-state index contributed by atoms with van der Waals surface area (Å²) in [7, 11) is -3.92. The van der Waals surface area contributed by atoms with Crippen LogP contribution >= 0.6 is 0 Å². The molecule has 1 atom stereocenters. The van der Waals surface area contributed by atoms with Crippen LogP contribution in [0.1, 0.15) is 25.2 Å². The van der Waals surface area contributed by atoms with Crippen LogP contribution in [0.3, 0.4) is 0 Å². The van der Waals surface area contributed by atoms with Crippen LogP contribution < -0.4 is 15.2 Å². The fraction of sp³-hybridized carbons (Fsp3) is 0.192. The highest BCUT2D eigenvalue weighted by Gasteiger charge is 2.30. The van der Waals surface area contributed by atoms with Crippen LogP contribution in [0, 0.1) is 6.92 Å². The van der Waals surface area contributed by atoms with Crippen LogP contribution in [0.5, 0.6) is 0 Å². The topological polar surface area (TPSA) is 101 Å². The van der Waals surface area contributed by atoms with Crippen LogP contribution in [-0.2, 0) is 21.2 Å². The van der Waals surface area contributed by atoms with E-state index in [9.17, 15) is 18.0 Å². The SMILES string of the molecule is CC(=O)N1c2ccc(S(=O)(=O)Nc3ccc4nc(C)n(-c5ccccc5)c(=O)c4c3)cc2C[C@H]1C. The molecule has 35 heavy (non-hydrogen) atoms. The van der Waals surface area contributed by atoms with Gasteiger partial charge in [0, 0.05) is 24.3 Å². The number of anilines is 2. The van der Waals surface area contributed by atoms with Crippen molar-refractivity contribution in [1.82, 2.24) is 9.55 Å². The van der Waals surface area contributed by atoms with Crippen molar-refractivity contribution in [2.24, 2.45) is 0 Å². The molecule has 5 rings (SSSR count). The van der Waals surface area contributed by atoms with Gasteiger partial charge < -0.3 is 4.90 Å². The summed E-state index contributed by atoms with van der Waals surface area (Å²) in [6.45, 7) is 5.19. The molecule has 9 heteroatoms. The van der Waals surface area contributed by atoms with Crippen molar-refractivity contribution in [3.05, 3.63) is 88.5 Å². The van der Waals surface area contributed by atoms with Crippen molar-refractivity contribution in [3.8, 4) is 5.69 Å². The number of para-hydroxylation sites is 1. The molecule has 1 aliphatic rings. The van der Waals surface area contributed by atoms with Gasteiger partial charge in [-0.3, -0.25) is 18.9 Å². The van der Waals surface area contributed by atoms with Crippen LogP contribution in [0.25, 0.3) is 16.6 Å². The summed E-state index contributed by atoms with van der Waals surface area (Å²) in [4.78, 5) is 31.6. The Morgan fingerprint density at radius 3 is 2.51 bits per heavy atom. The molecule has 1 amide bonds. The van der Waals surface area contributed by atoms with E-state index in [1.54, 1.807) is 36.1 Å². The maximum atomic E-state index is 13.3. The summed E-state index contributed by atoms with van der Waals surface area (Å²) in [5.41, 5.74) is 2.69. The summed E-state index contributed by atoms with van der Waals surface area (Å²) in [5.74, 6) is 0.458. The number of aryl methyl sites for hydroxylation is 1. The van der Waals surface area contributed by atoms with Gasteiger partial charge in [-0.1, -0.05) is 18.2 Å². The summed E-state index contributed by atoms with van der Waals surface area (Å²) >= 11 is 0. The molecule has 1 N–H and O–H groups in total. The van der Waals surface area contributed by atoms with Gasteiger partial charge in [-0.2, -0.15) is 0 Å². The Bertz CT molecular complexity index is 1650. The number of hydrogen-bond donors (Lipinski definition) is 1. The van der Waals surface area contributed by atoms with Crippen molar-refractivity contribution in [3.63, 3.8) is 0 Å². The Kier molecular flexibility index (Phi) is 5.44. The first kappa shape index (κ1) is 22.8. The molecule has 2 heterocycles. The van der Waals surface area contributed by atoms with E-state index in [1.165, 1.54) is 23.6 Å². The van der Waals surface area contributed by atoms with Crippen molar-refractivity contribution in [2.75, 3.05) is 9.62 Å². The highest BCUT2D eigenvalue weighted by molar-refractivity contribution is 7.92. The van der Waals surface area contributed by atoms with E-state index in [2.05, 4.69) is 9.71 Å². The van der Waals surface area contributed by atoms with Crippen LogP contribution in [-0.4, -0.2) is 29.9 Å². The molecule has 0 saturated heterocycles. The maximum absolute atomic E-state index is 13.3. The zero-order valence-corrected chi connectivity index (χ0v) is 20.3. The number of nitrogens with zero attached hydrogens (tertiary/aromatic N) is 3. The molecular weight excluding hydrogens is 464 g/mol. The molecule has 1 aromatic heterocycles. The van der Waals surface area contributed by atoms with Gasteiger partial charge >= 0.3 is 0 Å². The molecule has 8 nitrogen and oxygen atoms in total. The molecule has 0 unspecified atom stereocenters. The average molecular weight is 489 g/mol. The number of amides is 1. The molecule has 1 aliphatic heterocycles. The first-order valence-electron chi connectivity index (χ1n) is 11.2. The minimum absolute atomic E-state index is 0.0309. The molecular formula is C26H24N4O4S. The van der Waals surface area contributed by atoms with Crippen molar-refractivity contribution in [1.29, 1.82) is 0 Å². The highest BCUT2D eigenvalue weighted by atomic mass is 32.2. The lowest BCUT2D eigenvalue weighted by Crippen LogP contribution is -2.33. The van der Waals surface area contributed by atoms with Gasteiger partial charge in [0.1, 0.15) is 5.82 Å². The van der Waals surface area contributed by atoms with E-state index >= 15 is 0 Å². The van der Waals surface area contributed by atoms with Crippen molar-refractivity contribution in [2.45, 2.75) is 38.1 Å². The first-order valence-corrected chi connectivity index (χ1v) is 12.7. The lowest BCUT2D eigenvalue weighted by atomic mass is 10.1. The van der Waals surface area contributed by atoms with E-state index in [1.807, 2.05) is 37.3 Å². The van der Waals surface area contributed by atoms with Gasteiger partial charge in [0.25, 0.3) is 15.6 Å². The normalized spacial score (nSPS) is 15.3. The number of rotatable bonds is 4. The molecule has 0 spiro atoms. The second-order valence-corrected chi connectivity index (χ2v) is 10.4. The molecule has 0 aliphatic carbocycles. The van der Waals surface area contributed by atoms with E-state index in [0.717, 1.165) is 11.3 Å². The first-order chi connectivity index (χ1) is 16.7. The van der Waals surface area contributed by atoms with E-state index in [4.69, 9.17) is 0 Å². The fourth-order valence-corrected chi connectivity index (χ4v) is 5.81. The van der Waals surface area contributed by atoms with Crippen molar-refractivity contribution < 1.29 is 13.2 Å². The van der Waals surface area contributed by atoms with Crippen LogP contribution in [0.4, 0.5) is 11.4 Å². The number of sulfonamides is 1. The van der Waals surface area contributed by atoms with Crippen LogP contribution in [0.2, 0.25) is 0 Å². The second-order valence-electron chi connectivity index (χ2n) is 8.71. The summed E-state index contributed by atoms with van der Waals surface area (Å²) in [5, 5.41) is 0.305. The van der Waals surface area contributed by atoms with Gasteiger partial charge in [0.2, 0.25) is 5.91 Å². The van der Waals surface area contributed by atoms with Gasteiger partial charge in [-0.25, -0.2) is 13.4 Å². The molecule has 4 aromatic rings. The minimum atomic E-state index is -3.92. The fourth-order valence-electron chi connectivity index (χ4n) is 4.71. The Balaban J connectivity index is 1.52. The summed E-state index contributed by atoms with van der Waals surface area (Å²) in [6.07, 6.45) is 0.582. The smallest absolute Gasteiger partial charge is 0.266 e. The predicted molar refractivity (Wildman–Crippen MR) is 136 cm³/mol. The largest absolute Gasteiger partial charge is 0.309 e. The zero-order chi connectivity index (χ0) is 24.9. The second kappa shape index (κ2) is 8.35. The number of hydrogen-bond acceptors (Lipinski definition) is 5. The molecule has 3 aromatic carbocycles. The van der Waals surface area contributed by atoms with E-state index < -0.39 is 10.0 Å². The predicted octanol–water partition coefficient (Wildman–Crippen LogP) is 3.79. The summed E-state index contributed by atoms with van der Waals surface area (Å²) in [6, 6.07) is 18.6. The zero-order valence-electron chi connectivity index (χ0n) is 19.5. The minimum Gasteiger partial charge on any atom is -0.309 e. The van der Waals surface area contributed by atoms with Gasteiger partial charge in [-0.05, 0) is 74.4 Å². The monoisotopic (exact) mass is 488 g/mol. The quantitative estimate of drug-likeness (QED) is 0.471. The Morgan fingerprint density at radius 2 is 1.80 bits per heavy atom. The lowest BCUT2D eigenvalue weighted by Gasteiger charge is -2.20. The number of benzene rings is 3. The Morgan fingerprint density at radius 1 is 1.06 bits per heavy atom. The maximum Gasteiger partial charge on any atom is 0.266 e. The summed E-state index contributed by atoms with van der Waals surface area (Å²) < 4.78 is 30.4. The van der Waals surface area contributed by atoms with E-state index in [-0.39, 0.29) is 28.1 Å². The number of carbonyl (C=O) groups is 1. The molecule has 0 bridgehead atoms. The number of fused-ring (bicyclic) bond motifs is 2. The third-order valence-corrected chi connectivity index (χ3v) is 7.60. The van der Waals surface area contributed by atoms with Gasteiger partial charge in [-0.15, -0.1) is 0 Å². The number of aromatic nitrogens is 2. The third-order valence-electron chi connectivity index (χ3n) is 6.22. The van der Waals surface area contributed by atoms with Crippen molar-refractivity contribution >= 4 is 38.2 Å². The van der Waals surface area contributed by atoms with Gasteiger partial charge in [0.05, 0.1) is 21.5 Å². The molecule has 0 saturated carbocycles. The van der Waals surface area contributed by atoms with Crippen LogP contribution in [0.15, 0.2) is 76.4 Å². The average Bonchev–Trinajstić information content (AvgIpc) is 3.15. The Labute approximate surface area is 202 Å². The highest BCUT2D eigenvalue weighted by Crippen LogP contribution is 2.34. The number of nitrogens with one attached hydrogen (secondary N) is 1. The van der Waals surface area contributed by atoms with Gasteiger partial charge in [0.15, 0.2) is 0 Å². The standard InChI is InChI=1S/C26H24N4O4S/c1-16-13-19-14-22(10-12-25(19)29(16)18(3)31)35(33,34)28-20-9-11-24-23(15-20)26(32)30(17(2)27-24)21-7-5-4-6-8-21/h4-12,14-16,28H,13H2,1-3H3/t16-/m1/s1. The third kappa shape index (κ3) is 3.97. The molecule has 178 valence electrons. The number of carbonyl (C=O) groups excluding carboxylic acids is 1. The Hall–Kier alpha value is -3.98. The molecule has 0 radical (unpaired) electrons. The lowest BCUT2D eigenvalue weighted by molar-refractivity contribution is -0.116. The van der Waals surface area contributed by atoms with E-state index in [0.29, 0.717) is 28.8 Å². The molecule has 0 fully saturated rings.